The first kappa shape index (κ1) is 24.5. The molecule has 3 rings (SSSR count). The molecule has 9 heteroatoms. The van der Waals surface area contributed by atoms with Crippen LogP contribution >= 0.6 is 23.4 Å². The number of carbonyl (C=O) groups is 2. The van der Waals surface area contributed by atoms with Crippen LogP contribution in [0.4, 0.5) is 11.4 Å². The number of allylic oxidation sites excluding steroid dienone is 1. The topological polar surface area (TPSA) is 88.9 Å². The van der Waals surface area contributed by atoms with E-state index < -0.39 is 0 Å². The van der Waals surface area contributed by atoms with Gasteiger partial charge in [-0.25, -0.2) is 0 Å². The second kappa shape index (κ2) is 11.7. The van der Waals surface area contributed by atoms with Crippen molar-refractivity contribution in [3.8, 4) is 0 Å². The number of halogens is 1. The largest absolute Gasteiger partial charge is 0.326 e. The Morgan fingerprint density at radius 1 is 1.09 bits per heavy atom. The Bertz CT molecular complexity index is 1130. The Morgan fingerprint density at radius 2 is 1.82 bits per heavy atom. The zero-order valence-electron chi connectivity index (χ0n) is 18.5. The lowest BCUT2D eigenvalue weighted by Crippen LogP contribution is -2.18. The van der Waals surface area contributed by atoms with Gasteiger partial charge in [0.2, 0.25) is 11.8 Å². The normalized spacial score (nSPS) is 10.8. The summed E-state index contributed by atoms with van der Waals surface area (Å²) in [5, 5.41) is 15.3. The number of hydrogen-bond donors (Lipinski definition) is 2. The maximum absolute atomic E-state index is 12.6. The Labute approximate surface area is 202 Å². The maximum atomic E-state index is 12.6. The van der Waals surface area contributed by atoms with Crippen LogP contribution in [-0.2, 0) is 22.6 Å². The molecule has 2 amide bonds. The quantitative estimate of drug-likeness (QED) is 0.307. The predicted molar refractivity (Wildman–Crippen MR) is 134 cm³/mol. The SMILES string of the molecule is C=CCn1c(CC(=O)Nc2ccc(Cl)cc2)nnc1SCC(=O)Nc1ccccc1C(C)C. The molecule has 0 saturated heterocycles. The van der Waals surface area contributed by atoms with Crippen LogP contribution in [0.15, 0.2) is 66.3 Å². The van der Waals surface area contributed by atoms with E-state index in [2.05, 4.69) is 41.3 Å². The lowest BCUT2D eigenvalue weighted by atomic mass is 10.0. The van der Waals surface area contributed by atoms with Crippen molar-refractivity contribution in [1.29, 1.82) is 0 Å². The molecule has 2 aromatic carbocycles. The maximum Gasteiger partial charge on any atom is 0.234 e. The molecule has 0 aliphatic carbocycles. The van der Waals surface area contributed by atoms with Gasteiger partial charge in [0.15, 0.2) is 5.16 Å². The molecule has 0 aliphatic heterocycles. The van der Waals surface area contributed by atoms with Gasteiger partial charge in [0.1, 0.15) is 5.82 Å². The van der Waals surface area contributed by atoms with Gasteiger partial charge in [-0.1, -0.05) is 61.5 Å². The van der Waals surface area contributed by atoms with Crippen LogP contribution in [0.1, 0.15) is 31.2 Å². The van der Waals surface area contributed by atoms with Crippen molar-refractivity contribution in [3.63, 3.8) is 0 Å². The first-order valence-electron chi connectivity index (χ1n) is 10.5. The highest BCUT2D eigenvalue weighted by Crippen LogP contribution is 2.24. The highest BCUT2D eigenvalue weighted by molar-refractivity contribution is 7.99. The molecule has 0 atom stereocenters. The summed E-state index contributed by atoms with van der Waals surface area (Å²) in [5.41, 5.74) is 2.54. The van der Waals surface area contributed by atoms with E-state index in [0.29, 0.717) is 34.2 Å². The summed E-state index contributed by atoms with van der Waals surface area (Å²) in [4.78, 5) is 25.0. The molecule has 0 aliphatic rings. The summed E-state index contributed by atoms with van der Waals surface area (Å²) in [5.74, 6) is 0.595. The van der Waals surface area contributed by atoms with Crippen LogP contribution in [0.3, 0.4) is 0 Å². The van der Waals surface area contributed by atoms with Crippen molar-refractivity contribution in [2.75, 3.05) is 16.4 Å². The minimum Gasteiger partial charge on any atom is -0.326 e. The third kappa shape index (κ3) is 6.94. The summed E-state index contributed by atoms with van der Waals surface area (Å²) < 4.78 is 1.79. The summed E-state index contributed by atoms with van der Waals surface area (Å²) in [6.45, 7) is 8.37. The molecule has 0 saturated carbocycles. The highest BCUT2D eigenvalue weighted by Gasteiger charge is 2.17. The van der Waals surface area contributed by atoms with E-state index in [1.807, 2.05) is 24.3 Å². The Morgan fingerprint density at radius 3 is 2.52 bits per heavy atom. The van der Waals surface area contributed by atoms with Gasteiger partial charge in [0.25, 0.3) is 0 Å². The number of amides is 2. The molecule has 0 fully saturated rings. The van der Waals surface area contributed by atoms with Gasteiger partial charge in [-0.3, -0.25) is 9.59 Å². The second-order valence-corrected chi connectivity index (χ2v) is 8.99. The third-order valence-electron chi connectivity index (χ3n) is 4.74. The van der Waals surface area contributed by atoms with E-state index in [0.717, 1.165) is 11.3 Å². The zero-order chi connectivity index (χ0) is 23.8. The van der Waals surface area contributed by atoms with Crippen LogP contribution in [0.5, 0.6) is 0 Å². The van der Waals surface area contributed by atoms with E-state index in [1.165, 1.54) is 11.8 Å². The first-order chi connectivity index (χ1) is 15.9. The van der Waals surface area contributed by atoms with Crippen LogP contribution < -0.4 is 10.6 Å². The second-order valence-electron chi connectivity index (χ2n) is 7.61. The molecule has 0 bridgehead atoms. The van der Waals surface area contributed by atoms with Crippen LogP contribution in [-0.4, -0.2) is 32.3 Å². The third-order valence-corrected chi connectivity index (χ3v) is 5.96. The van der Waals surface area contributed by atoms with Crippen molar-refractivity contribution in [3.05, 3.63) is 77.6 Å². The van der Waals surface area contributed by atoms with E-state index in [1.54, 1.807) is 34.9 Å². The number of carbonyl (C=O) groups excluding carboxylic acids is 2. The standard InChI is InChI=1S/C24H26ClN5O2S/c1-4-13-30-21(14-22(31)26-18-11-9-17(25)10-12-18)28-29-24(30)33-15-23(32)27-20-8-6-5-7-19(20)16(2)3/h4-12,16H,1,13-15H2,2-3H3,(H,26,31)(H,27,32). The number of rotatable bonds is 10. The number of nitrogens with zero attached hydrogens (tertiary/aromatic N) is 3. The smallest absolute Gasteiger partial charge is 0.234 e. The summed E-state index contributed by atoms with van der Waals surface area (Å²) in [7, 11) is 0. The monoisotopic (exact) mass is 483 g/mol. The predicted octanol–water partition coefficient (Wildman–Crippen LogP) is 5.15. The van der Waals surface area contributed by atoms with E-state index in [9.17, 15) is 9.59 Å². The van der Waals surface area contributed by atoms with Crippen LogP contribution in [0.2, 0.25) is 5.02 Å². The Balaban J connectivity index is 1.63. The average Bonchev–Trinajstić information content (AvgIpc) is 3.15. The lowest BCUT2D eigenvalue weighted by molar-refractivity contribution is -0.116. The van der Waals surface area contributed by atoms with E-state index in [-0.39, 0.29) is 24.0 Å². The number of para-hydroxylation sites is 1. The molecule has 1 heterocycles. The fraction of sp³-hybridized carbons (Fsp3) is 0.250. The number of benzene rings is 2. The summed E-state index contributed by atoms with van der Waals surface area (Å²) >= 11 is 7.15. The molecule has 0 unspecified atom stereocenters. The van der Waals surface area contributed by atoms with Gasteiger partial charge in [0.05, 0.1) is 12.2 Å². The lowest BCUT2D eigenvalue weighted by Gasteiger charge is -2.13. The minimum atomic E-state index is -0.227. The number of thioether (sulfide) groups is 1. The summed E-state index contributed by atoms with van der Waals surface area (Å²) in [6.07, 6.45) is 1.74. The molecule has 3 aromatic rings. The molecule has 1 aromatic heterocycles. The minimum absolute atomic E-state index is 0.0397. The average molecular weight is 484 g/mol. The molecule has 7 nitrogen and oxygen atoms in total. The van der Waals surface area contributed by atoms with Gasteiger partial charge in [0, 0.05) is 22.9 Å². The number of nitrogens with one attached hydrogen (secondary N) is 2. The van der Waals surface area contributed by atoms with Gasteiger partial charge in [-0.2, -0.15) is 0 Å². The van der Waals surface area contributed by atoms with Gasteiger partial charge in [-0.15, -0.1) is 16.8 Å². The number of anilines is 2. The first-order valence-corrected chi connectivity index (χ1v) is 11.8. The van der Waals surface area contributed by atoms with Crippen molar-refractivity contribution in [1.82, 2.24) is 14.8 Å². The fourth-order valence-electron chi connectivity index (χ4n) is 3.18. The van der Waals surface area contributed by atoms with Gasteiger partial charge >= 0.3 is 0 Å². The summed E-state index contributed by atoms with van der Waals surface area (Å²) in [6, 6.07) is 14.6. The number of aromatic nitrogens is 3. The van der Waals surface area contributed by atoms with E-state index in [4.69, 9.17) is 11.6 Å². The van der Waals surface area contributed by atoms with Gasteiger partial charge in [-0.05, 0) is 41.8 Å². The Hall–Kier alpha value is -3.10. The van der Waals surface area contributed by atoms with Crippen LogP contribution in [0, 0.1) is 0 Å². The van der Waals surface area contributed by atoms with E-state index >= 15 is 0 Å². The van der Waals surface area contributed by atoms with Crippen molar-refractivity contribution in [2.24, 2.45) is 0 Å². The van der Waals surface area contributed by atoms with Crippen LogP contribution in [0.25, 0.3) is 0 Å². The van der Waals surface area contributed by atoms with Crippen molar-refractivity contribution >= 4 is 46.6 Å². The molecule has 2 N–H and O–H groups in total. The number of hydrogen-bond acceptors (Lipinski definition) is 5. The molecular formula is C24H26ClN5O2S. The van der Waals surface area contributed by atoms with Crippen molar-refractivity contribution < 1.29 is 9.59 Å². The molecule has 0 radical (unpaired) electrons. The molecule has 0 spiro atoms. The Kier molecular flexibility index (Phi) is 8.68. The molecule has 172 valence electrons. The molecule has 33 heavy (non-hydrogen) atoms. The van der Waals surface area contributed by atoms with Crippen molar-refractivity contribution in [2.45, 2.75) is 37.9 Å². The van der Waals surface area contributed by atoms with Gasteiger partial charge < -0.3 is 15.2 Å². The zero-order valence-corrected chi connectivity index (χ0v) is 20.1. The fourth-order valence-corrected chi connectivity index (χ4v) is 4.07. The highest BCUT2D eigenvalue weighted by atomic mass is 35.5. The molecular weight excluding hydrogens is 458 g/mol.